The van der Waals surface area contributed by atoms with Crippen molar-refractivity contribution >= 4 is 5.91 Å². The Morgan fingerprint density at radius 3 is 2.62 bits per heavy atom. The van der Waals surface area contributed by atoms with Crippen LogP contribution in [-0.4, -0.2) is 47.2 Å². The van der Waals surface area contributed by atoms with Gasteiger partial charge < -0.3 is 15.3 Å². The number of nitrogens with zero attached hydrogens (tertiary/aromatic N) is 1. The average Bonchev–Trinajstić information content (AvgIpc) is 2.19. The molecule has 0 atom stereocenters. The topological polar surface area (TPSA) is 52.6 Å². The maximum Gasteiger partial charge on any atom is 0.222 e. The predicted octanol–water partition coefficient (Wildman–Crippen LogP) is 0.748. The minimum atomic E-state index is -0.605. The maximum absolute atomic E-state index is 11.7. The third-order valence-electron chi connectivity index (χ3n) is 3.10. The Labute approximate surface area is 98.0 Å². The largest absolute Gasteiger partial charge is 0.386 e. The molecule has 16 heavy (non-hydrogen) atoms. The lowest BCUT2D eigenvalue weighted by atomic mass is 9.91. The van der Waals surface area contributed by atoms with E-state index in [1.165, 1.54) is 0 Å². The molecular weight excluding hydrogens is 204 g/mol. The molecule has 0 aromatic carbocycles. The lowest BCUT2D eigenvalue weighted by Crippen LogP contribution is -2.63. The van der Waals surface area contributed by atoms with Gasteiger partial charge in [0.25, 0.3) is 0 Å². The molecule has 1 fully saturated rings. The maximum atomic E-state index is 11.7. The van der Waals surface area contributed by atoms with Gasteiger partial charge in [0, 0.05) is 12.5 Å². The molecule has 4 nitrogen and oxygen atoms in total. The minimum Gasteiger partial charge on any atom is -0.386 e. The van der Waals surface area contributed by atoms with Crippen LogP contribution in [0.3, 0.4) is 0 Å². The van der Waals surface area contributed by atoms with Crippen LogP contribution in [0.5, 0.6) is 0 Å². The van der Waals surface area contributed by atoms with Gasteiger partial charge >= 0.3 is 0 Å². The SMILES string of the molecule is CCC1(O)CN(C(=O)CCCNC(C)C)C1. The fourth-order valence-electron chi connectivity index (χ4n) is 1.85. The van der Waals surface area contributed by atoms with Crippen LogP contribution in [-0.2, 0) is 4.79 Å². The summed E-state index contributed by atoms with van der Waals surface area (Å²) in [5.41, 5.74) is -0.605. The van der Waals surface area contributed by atoms with E-state index in [0.29, 0.717) is 25.6 Å². The Bertz CT molecular complexity index is 235. The van der Waals surface area contributed by atoms with Gasteiger partial charge in [0.05, 0.1) is 18.7 Å². The standard InChI is InChI=1S/C12H24N2O2/c1-4-12(16)8-14(9-12)11(15)6-5-7-13-10(2)3/h10,13,16H,4-9H2,1-3H3. The molecule has 0 bridgehead atoms. The Morgan fingerprint density at radius 2 is 2.12 bits per heavy atom. The van der Waals surface area contributed by atoms with Gasteiger partial charge in [-0.15, -0.1) is 0 Å². The molecule has 0 aromatic rings. The van der Waals surface area contributed by atoms with Crippen LogP contribution in [0.25, 0.3) is 0 Å². The van der Waals surface area contributed by atoms with Gasteiger partial charge in [0.15, 0.2) is 0 Å². The molecule has 1 aliphatic heterocycles. The van der Waals surface area contributed by atoms with Gasteiger partial charge in [-0.25, -0.2) is 0 Å². The summed E-state index contributed by atoms with van der Waals surface area (Å²) in [6.45, 7) is 8.06. The van der Waals surface area contributed by atoms with Crippen LogP contribution < -0.4 is 5.32 Å². The average molecular weight is 228 g/mol. The summed E-state index contributed by atoms with van der Waals surface area (Å²) >= 11 is 0. The van der Waals surface area contributed by atoms with Gasteiger partial charge in [0.1, 0.15) is 0 Å². The Hall–Kier alpha value is -0.610. The van der Waals surface area contributed by atoms with Gasteiger partial charge in [-0.1, -0.05) is 20.8 Å². The summed E-state index contributed by atoms with van der Waals surface area (Å²) in [5, 5.41) is 13.1. The number of likely N-dealkylation sites (tertiary alicyclic amines) is 1. The van der Waals surface area contributed by atoms with E-state index in [1.54, 1.807) is 4.90 Å². The van der Waals surface area contributed by atoms with Crippen molar-refractivity contribution in [3.05, 3.63) is 0 Å². The van der Waals surface area contributed by atoms with Crippen molar-refractivity contribution in [2.24, 2.45) is 0 Å². The molecule has 1 rings (SSSR count). The second-order valence-electron chi connectivity index (χ2n) is 5.04. The second-order valence-corrected chi connectivity index (χ2v) is 5.04. The number of nitrogens with one attached hydrogen (secondary N) is 1. The fraction of sp³-hybridized carbons (Fsp3) is 0.917. The summed E-state index contributed by atoms with van der Waals surface area (Å²) < 4.78 is 0. The molecule has 1 aliphatic rings. The van der Waals surface area contributed by atoms with Crippen molar-refractivity contribution < 1.29 is 9.90 Å². The van der Waals surface area contributed by atoms with E-state index in [0.717, 1.165) is 19.4 Å². The van der Waals surface area contributed by atoms with Gasteiger partial charge in [-0.05, 0) is 19.4 Å². The van der Waals surface area contributed by atoms with E-state index < -0.39 is 5.60 Å². The number of amides is 1. The lowest BCUT2D eigenvalue weighted by molar-refractivity contribution is -0.155. The summed E-state index contributed by atoms with van der Waals surface area (Å²) in [6.07, 6.45) is 2.18. The van der Waals surface area contributed by atoms with E-state index in [1.807, 2.05) is 6.92 Å². The summed E-state index contributed by atoms with van der Waals surface area (Å²) in [6, 6.07) is 0.476. The molecule has 94 valence electrons. The molecule has 1 heterocycles. The van der Waals surface area contributed by atoms with Crippen LogP contribution in [0.15, 0.2) is 0 Å². The van der Waals surface area contributed by atoms with Gasteiger partial charge in [-0.2, -0.15) is 0 Å². The molecule has 2 N–H and O–H groups in total. The minimum absolute atomic E-state index is 0.170. The molecule has 0 unspecified atom stereocenters. The van der Waals surface area contributed by atoms with Crippen molar-refractivity contribution in [3.63, 3.8) is 0 Å². The number of rotatable bonds is 6. The molecular formula is C12H24N2O2. The first kappa shape index (κ1) is 13.5. The van der Waals surface area contributed by atoms with Gasteiger partial charge in [-0.3, -0.25) is 4.79 Å². The third-order valence-corrected chi connectivity index (χ3v) is 3.10. The zero-order valence-corrected chi connectivity index (χ0v) is 10.6. The second kappa shape index (κ2) is 5.64. The highest BCUT2D eigenvalue weighted by atomic mass is 16.3. The number of hydrogen-bond donors (Lipinski definition) is 2. The van der Waals surface area contributed by atoms with Crippen molar-refractivity contribution in [2.45, 2.75) is 51.7 Å². The third kappa shape index (κ3) is 3.76. The highest BCUT2D eigenvalue weighted by Gasteiger charge is 2.41. The van der Waals surface area contributed by atoms with E-state index in [-0.39, 0.29) is 5.91 Å². The van der Waals surface area contributed by atoms with E-state index in [2.05, 4.69) is 19.2 Å². The highest BCUT2D eigenvalue weighted by molar-refractivity contribution is 5.77. The Kier molecular flexibility index (Phi) is 4.74. The predicted molar refractivity (Wildman–Crippen MR) is 64.2 cm³/mol. The summed E-state index contributed by atoms with van der Waals surface area (Å²) in [4.78, 5) is 13.4. The van der Waals surface area contributed by atoms with E-state index in [4.69, 9.17) is 0 Å². The van der Waals surface area contributed by atoms with E-state index in [9.17, 15) is 9.90 Å². The molecule has 1 amide bonds. The molecule has 1 saturated heterocycles. The molecule has 0 radical (unpaired) electrons. The fourth-order valence-corrected chi connectivity index (χ4v) is 1.85. The lowest BCUT2D eigenvalue weighted by Gasteiger charge is -2.46. The number of hydrogen-bond acceptors (Lipinski definition) is 3. The van der Waals surface area contributed by atoms with Crippen LogP contribution in [0.2, 0.25) is 0 Å². The molecule has 4 heteroatoms. The molecule has 0 saturated carbocycles. The van der Waals surface area contributed by atoms with Crippen molar-refractivity contribution in [3.8, 4) is 0 Å². The number of carbonyl (C=O) groups excluding carboxylic acids is 1. The highest BCUT2D eigenvalue weighted by Crippen LogP contribution is 2.24. The van der Waals surface area contributed by atoms with Crippen LogP contribution in [0, 0.1) is 0 Å². The number of β-amino-alcohol motifs (C(OH)–C–C–N with tert-alkyl or cyclic N) is 1. The van der Waals surface area contributed by atoms with Crippen LogP contribution in [0.1, 0.15) is 40.0 Å². The van der Waals surface area contributed by atoms with Crippen molar-refractivity contribution in [1.29, 1.82) is 0 Å². The number of carbonyl (C=O) groups is 1. The monoisotopic (exact) mass is 228 g/mol. The van der Waals surface area contributed by atoms with Crippen LogP contribution >= 0.6 is 0 Å². The van der Waals surface area contributed by atoms with E-state index >= 15 is 0 Å². The first-order chi connectivity index (χ1) is 7.47. The quantitative estimate of drug-likeness (QED) is 0.660. The van der Waals surface area contributed by atoms with Crippen molar-refractivity contribution in [1.82, 2.24) is 10.2 Å². The normalized spacial score (nSPS) is 18.7. The molecule has 0 aromatic heterocycles. The summed E-state index contributed by atoms with van der Waals surface area (Å²) in [7, 11) is 0. The Balaban J connectivity index is 2.09. The zero-order chi connectivity index (χ0) is 12.2. The zero-order valence-electron chi connectivity index (χ0n) is 10.6. The van der Waals surface area contributed by atoms with Gasteiger partial charge in [0.2, 0.25) is 5.91 Å². The molecule has 0 spiro atoms. The smallest absolute Gasteiger partial charge is 0.222 e. The number of aliphatic hydroxyl groups is 1. The Morgan fingerprint density at radius 1 is 1.50 bits per heavy atom. The van der Waals surface area contributed by atoms with Crippen LogP contribution in [0.4, 0.5) is 0 Å². The first-order valence-electron chi connectivity index (χ1n) is 6.20. The van der Waals surface area contributed by atoms with Crippen molar-refractivity contribution in [2.75, 3.05) is 19.6 Å². The first-order valence-corrected chi connectivity index (χ1v) is 6.20. The summed E-state index contributed by atoms with van der Waals surface area (Å²) in [5.74, 6) is 0.170. The molecule has 0 aliphatic carbocycles.